The van der Waals surface area contributed by atoms with Crippen LogP contribution in [-0.4, -0.2) is 69.0 Å². The van der Waals surface area contributed by atoms with E-state index in [1.807, 2.05) is 36.9 Å². The van der Waals surface area contributed by atoms with Crippen LogP contribution in [0.4, 0.5) is 0 Å². The highest BCUT2D eigenvalue weighted by molar-refractivity contribution is 7.14. The number of carbonyl (C=O) groups excluding carboxylic acids is 2. The van der Waals surface area contributed by atoms with E-state index in [1.165, 1.54) is 16.0 Å². The van der Waals surface area contributed by atoms with Gasteiger partial charge in [-0.2, -0.15) is 0 Å². The van der Waals surface area contributed by atoms with Gasteiger partial charge >= 0.3 is 0 Å². The van der Waals surface area contributed by atoms with E-state index in [0.717, 1.165) is 42.8 Å². The van der Waals surface area contributed by atoms with Gasteiger partial charge in [-0.15, -0.1) is 11.3 Å². The number of ketones is 1. The molecular weight excluding hydrogens is 584 g/mol. The molecule has 0 unspecified atom stereocenters. The van der Waals surface area contributed by atoms with Gasteiger partial charge in [0.05, 0.1) is 26.2 Å². The number of rotatable bonds is 15. The minimum Gasteiger partial charge on any atom is -0.493 e. The second-order valence-corrected chi connectivity index (χ2v) is 14.3. The maximum atomic E-state index is 13.3. The van der Waals surface area contributed by atoms with Gasteiger partial charge in [-0.05, 0) is 59.9 Å². The van der Waals surface area contributed by atoms with Crippen molar-refractivity contribution >= 4 is 23.0 Å². The average Bonchev–Trinajstić information content (AvgIpc) is 3.50. The van der Waals surface area contributed by atoms with Crippen LogP contribution in [0.2, 0.25) is 0 Å². The van der Waals surface area contributed by atoms with E-state index >= 15 is 0 Å². The third-order valence-corrected chi connectivity index (χ3v) is 9.83. The van der Waals surface area contributed by atoms with Crippen LogP contribution in [0.25, 0.3) is 0 Å². The lowest BCUT2D eigenvalue weighted by molar-refractivity contribution is -0.135. The van der Waals surface area contributed by atoms with Gasteiger partial charge in [-0.1, -0.05) is 58.0 Å². The molecule has 1 amide bonds. The van der Waals surface area contributed by atoms with Crippen molar-refractivity contribution in [3.8, 4) is 17.2 Å². The van der Waals surface area contributed by atoms with E-state index in [4.69, 9.17) is 14.2 Å². The number of piperazine rings is 1. The molecule has 0 spiro atoms. The summed E-state index contributed by atoms with van der Waals surface area (Å²) >= 11 is 1.60. The van der Waals surface area contributed by atoms with Crippen LogP contribution in [0.3, 0.4) is 0 Å². The normalized spacial score (nSPS) is 14.1. The largest absolute Gasteiger partial charge is 0.493 e. The van der Waals surface area contributed by atoms with Gasteiger partial charge in [0.15, 0.2) is 17.3 Å². The van der Waals surface area contributed by atoms with Crippen molar-refractivity contribution in [3.05, 3.63) is 75.0 Å². The summed E-state index contributed by atoms with van der Waals surface area (Å²) in [5, 5.41) is 0. The molecule has 1 saturated heterocycles. The Morgan fingerprint density at radius 2 is 1.51 bits per heavy atom. The Kier molecular flexibility index (Phi) is 12.1. The van der Waals surface area contributed by atoms with Crippen LogP contribution >= 0.6 is 11.3 Å². The van der Waals surface area contributed by atoms with E-state index in [9.17, 15) is 9.59 Å². The monoisotopic (exact) mass is 634 g/mol. The van der Waals surface area contributed by atoms with Gasteiger partial charge in [0.2, 0.25) is 11.7 Å². The Hall–Kier alpha value is -3.36. The Morgan fingerprint density at radius 3 is 2.13 bits per heavy atom. The SMILES string of the molecule is COc1ccc(CN2CCN(C(=O)CC(C)(C)CC(=O)c3ccc(CCCc4ccc(C(C)C)cc4)s3)CC2)c(OC)c1OC. The van der Waals surface area contributed by atoms with E-state index in [1.54, 1.807) is 32.7 Å². The van der Waals surface area contributed by atoms with Gasteiger partial charge in [0.25, 0.3) is 0 Å². The van der Waals surface area contributed by atoms with Crippen molar-refractivity contribution < 1.29 is 23.8 Å². The van der Waals surface area contributed by atoms with Gasteiger partial charge < -0.3 is 19.1 Å². The lowest BCUT2D eigenvalue weighted by atomic mass is 9.83. The summed E-state index contributed by atoms with van der Waals surface area (Å²) in [5.74, 6) is 2.68. The molecule has 4 rings (SSSR count). The number of methoxy groups -OCH3 is 3. The number of nitrogens with zero attached hydrogens (tertiary/aromatic N) is 2. The number of thiophene rings is 1. The lowest BCUT2D eigenvalue weighted by Gasteiger charge is -2.36. The highest BCUT2D eigenvalue weighted by Crippen LogP contribution is 2.40. The zero-order chi connectivity index (χ0) is 32.6. The van der Waals surface area contributed by atoms with Crippen molar-refractivity contribution in [2.75, 3.05) is 47.5 Å². The van der Waals surface area contributed by atoms with E-state index in [-0.39, 0.29) is 11.7 Å². The van der Waals surface area contributed by atoms with Crippen LogP contribution in [0.15, 0.2) is 48.5 Å². The summed E-state index contributed by atoms with van der Waals surface area (Å²) < 4.78 is 16.6. The van der Waals surface area contributed by atoms with Gasteiger partial charge in [-0.25, -0.2) is 0 Å². The molecule has 2 aromatic carbocycles. The molecule has 0 bridgehead atoms. The first kappa shape index (κ1) is 34.5. The molecule has 244 valence electrons. The maximum absolute atomic E-state index is 13.3. The number of aryl methyl sites for hydroxylation is 2. The first-order chi connectivity index (χ1) is 21.5. The molecule has 45 heavy (non-hydrogen) atoms. The van der Waals surface area contributed by atoms with Crippen molar-refractivity contribution in [2.45, 2.75) is 72.3 Å². The number of Topliss-reactive ketones (excluding diaryl/α,β-unsaturated/α-hetero) is 1. The molecule has 2 heterocycles. The highest BCUT2D eigenvalue weighted by atomic mass is 32.1. The maximum Gasteiger partial charge on any atom is 0.223 e. The Balaban J connectivity index is 1.22. The fourth-order valence-corrected chi connectivity index (χ4v) is 6.97. The number of carbonyl (C=O) groups is 2. The first-order valence-electron chi connectivity index (χ1n) is 16.0. The molecule has 1 fully saturated rings. The molecule has 3 aromatic rings. The second-order valence-electron chi connectivity index (χ2n) is 13.1. The fraction of sp³-hybridized carbons (Fsp3) is 0.514. The summed E-state index contributed by atoms with van der Waals surface area (Å²) in [7, 11) is 4.85. The van der Waals surface area contributed by atoms with E-state index in [2.05, 4.69) is 49.1 Å². The van der Waals surface area contributed by atoms with E-state index in [0.29, 0.717) is 55.6 Å². The molecule has 0 radical (unpaired) electrons. The second kappa shape index (κ2) is 15.8. The minimum absolute atomic E-state index is 0.115. The van der Waals surface area contributed by atoms with Gasteiger partial charge in [0, 0.05) is 56.0 Å². The van der Waals surface area contributed by atoms with Crippen LogP contribution < -0.4 is 14.2 Å². The van der Waals surface area contributed by atoms with Crippen molar-refractivity contribution in [2.24, 2.45) is 5.41 Å². The minimum atomic E-state index is -0.412. The Bertz CT molecular complexity index is 1420. The number of hydrogen-bond donors (Lipinski definition) is 0. The van der Waals surface area contributed by atoms with Crippen LogP contribution in [0, 0.1) is 5.41 Å². The highest BCUT2D eigenvalue weighted by Gasteiger charge is 2.30. The molecule has 1 aliphatic heterocycles. The molecule has 1 aliphatic rings. The number of benzene rings is 2. The molecule has 0 N–H and O–H groups in total. The summed E-state index contributed by atoms with van der Waals surface area (Å²) in [6, 6.07) is 16.9. The standard InChI is InChI=1S/C37H50N2O5S/c1-26(2)28-13-11-27(12-14-28)9-8-10-30-16-18-33(45-30)31(40)23-37(3,4)24-34(41)39-21-19-38(20-22-39)25-29-15-17-32(42-5)36(44-7)35(29)43-6/h11-18,26H,8-10,19-25H2,1-7H3. The number of hydrogen-bond acceptors (Lipinski definition) is 7. The predicted octanol–water partition coefficient (Wildman–Crippen LogP) is 7.41. The quantitative estimate of drug-likeness (QED) is 0.162. The van der Waals surface area contributed by atoms with Crippen molar-refractivity contribution in [1.82, 2.24) is 9.80 Å². The lowest BCUT2D eigenvalue weighted by Crippen LogP contribution is -2.49. The summed E-state index contributed by atoms with van der Waals surface area (Å²) in [6.45, 7) is 12.0. The Morgan fingerprint density at radius 1 is 0.822 bits per heavy atom. The van der Waals surface area contributed by atoms with Gasteiger partial charge in [0.1, 0.15) is 0 Å². The van der Waals surface area contributed by atoms with Gasteiger partial charge in [-0.3, -0.25) is 14.5 Å². The Labute approximate surface area is 273 Å². The zero-order valence-corrected chi connectivity index (χ0v) is 28.9. The number of amides is 1. The molecular formula is C37H50N2O5S. The summed E-state index contributed by atoms with van der Waals surface area (Å²) in [5.41, 5.74) is 3.34. The molecule has 0 atom stereocenters. The third-order valence-electron chi connectivity index (χ3n) is 8.65. The number of ether oxygens (including phenoxy) is 3. The third kappa shape index (κ3) is 9.33. The summed E-state index contributed by atoms with van der Waals surface area (Å²) in [6.07, 6.45) is 3.78. The smallest absolute Gasteiger partial charge is 0.223 e. The molecule has 1 aromatic heterocycles. The van der Waals surface area contributed by atoms with Crippen LogP contribution in [0.1, 0.15) is 84.1 Å². The molecule has 0 aliphatic carbocycles. The van der Waals surface area contributed by atoms with Crippen molar-refractivity contribution in [1.29, 1.82) is 0 Å². The van der Waals surface area contributed by atoms with E-state index < -0.39 is 5.41 Å². The molecule has 7 nitrogen and oxygen atoms in total. The molecule has 8 heteroatoms. The predicted molar refractivity (Wildman–Crippen MR) is 182 cm³/mol. The van der Waals surface area contributed by atoms with Crippen LogP contribution in [-0.2, 0) is 24.2 Å². The topological polar surface area (TPSA) is 68.3 Å². The zero-order valence-electron chi connectivity index (χ0n) is 28.1. The summed E-state index contributed by atoms with van der Waals surface area (Å²) in [4.78, 5) is 32.8. The molecule has 0 saturated carbocycles. The first-order valence-corrected chi connectivity index (χ1v) is 16.8. The van der Waals surface area contributed by atoms with Crippen molar-refractivity contribution in [3.63, 3.8) is 0 Å². The fourth-order valence-electron chi connectivity index (χ4n) is 5.99. The van der Waals surface area contributed by atoms with Crippen LogP contribution in [0.5, 0.6) is 17.2 Å². The average molecular weight is 635 g/mol.